The molecular weight excluding hydrogens is 207 g/mol. The zero-order valence-electron chi connectivity index (χ0n) is 9.16. The Labute approximate surface area is 88.2 Å². The van der Waals surface area contributed by atoms with Gasteiger partial charge in [0.15, 0.2) is 0 Å². The summed E-state index contributed by atoms with van der Waals surface area (Å²) in [5.41, 5.74) is 0. The van der Waals surface area contributed by atoms with Crippen LogP contribution >= 0.6 is 0 Å². The average Bonchev–Trinajstić information content (AvgIpc) is 2.15. The lowest BCUT2D eigenvalue weighted by Crippen LogP contribution is -2.37. The van der Waals surface area contributed by atoms with Gasteiger partial charge in [-0.2, -0.15) is 13.2 Å². The fourth-order valence-corrected chi connectivity index (χ4v) is 1.12. The van der Waals surface area contributed by atoms with Gasteiger partial charge in [-0.15, -0.1) is 0 Å². The van der Waals surface area contributed by atoms with E-state index in [-0.39, 0.29) is 6.54 Å². The first-order valence-corrected chi connectivity index (χ1v) is 5.23. The van der Waals surface area contributed by atoms with E-state index in [4.69, 9.17) is 0 Å². The van der Waals surface area contributed by atoms with Crippen molar-refractivity contribution in [1.29, 1.82) is 0 Å². The molecule has 1 amide bonds. The van der Waals surface area contributed by atoms with E-state index < -0.39 is 12.1 Å². The molecule has 0 saturated carbocycles. The summed E-state index contributed by atoms with van der Waals surface area (Å²) in [6.45, 7) is 4.29. The third kappa shape index (κ3) is 7.22. The van der Waals surface area contributed by atoms with Gasteiger partial charge < -0.3 is 5.32 Å². The summed E-state index contributed by atoms with van der Waals surface area (Å²) >= 11 is 0. The van der Waals surface area contributed by atoms with Crippen molar-refractivity contribution in [2.24, 2.45) is 5.92 Å². The molecule has 0 saturated heterocycles. The van der Waals surface area contributed by atoms with Gasteiger partial charge in [-0.1, -0.05) is 33.1 Å². The molecule has 0 rings (SSSR count). The number of carbonyl (C=O) groups is 1. The number of amides is 1. The van der Waals surface area contributed by atoms with E-state index in [2.05, 4.69) is 13.8 Å². The maximum absolute atomic E-state index is 11.7. The molecule has 0 aromatic heterocycles. The Morgan fingerprint density at radius 2 is 1.93 bits per heavy atom. The highest BCUT2D eigenvalue weighted by Crippen LogP contribution is 2.14. The summed E-state index contributed by atoms with van der Waals surface area (Å²) in [5, 5.41) is 1.85. The third-order valence-electron chi connectivity index (χ3n) is 2.36. The summed E-state index contributed by atoms with van der Waals surface area (Å²) in [6.07, 6.45) is -1.22. The van der Waals surface area contributed by atoms with Crippen LogP contribution in [0.25, 0.3) is 0 Å². The Balaban J connectivity index is 3.44. The van der Waals surface area contributed by atoms with Crippen LogP contribution in [0.3, 0.4) is 0 Å². The van der Waals surface area contributed by atoms with Crippen LogP contribution in [-0.2, 0) is 4.79 Å². The minimum atomic E-state index is -4.75. The molecule has 1 unspecified atom stereocenters. The maximum atomic E-state index is 11.7. The molecule has 1 atom stereocenters. The lowest BCUT2D eigenvalue weighted by molar-refractivity contribution is -0.173. The molecule has 0 heterocycles. The van der Waals surface area contributed by atoms with Gasteiger partial charge in [0.25, 0.3) is 0 Å². The molecule has 1 N–H and O–H groups in total. The van der Waals surface area contributed by atoms with Crippen molar-refractivity contribution in [2.45, 2.75) is 45.7 Å². The molecule has 0 aromatic rings. The van der Waals surface area contributed by atoms with Crippen molar-refractivity contribution in [3.8, 4) is 0 Å². The van der Waals surface area contributed by atoms with Crippen LogP contribution in [0.2, 0.25) is 0 Å². The van der Waals surface area contributed by atoms with Gasteiger partial charge in [0.2, 0.25) is 0 Å². The largest absolute Gasteiger partial charge is 0.471 e. The van der Waals surface area contributed by atoms with E-state index in [1.54, 1.807) is 0 Å². The molecule has 0 aliphatic heterocycles. The molecule has 0 radical (unpaired) electrons. The second-order valence-electron chi connectivity index (χ2n) is 3.76. The Morgan fingerprint density at radius 1 is 1.33 bits per heavy atom. The van der Waals surface area contributed by atoms with Gasteiger partial charge in [0, 0.05) is 6.54 Å². The molecule has 0 spiro atoms. The van der Waals surface area contributed by atoms with Crippen LogP contribution in [0.1, 0.15) is 39.5 Å². The van der Waals surface area contributed by atoms with Gasteiger partial charge in [-0.05, 0) is 12.3 Å². The number of rotatable bonds is 6. The van der Waals surface area contributed by atoms with E-state index in [1.165, 1.54) is 0 Å². The molecule has 15 heavy (non-hydrogen) atoms. The second kappa shape index (κ2) is 6.69. The SMILES string of the molecule is CCC(C)CCCCNC(=O)C(F)(F)F. The highest BCUT2D eigenvalue weighted by atomic mass is 19.4. The first-order valence-electron chi connectivity index (χ1n) is 5.23. The summed E-state index contributed by atoms with van der Waals surface area (Å²) in [5.74, 6) is -1.24. The number of alkyl halides is 3. The lowest BCUT2D eigenvalue weighted by atomic mass is 10.0. The molecule has 0 bridgehead atoms. The van der Waals surface area contributed by atoms with E-state index in [0.717, 1.165) is 19.3 Å². The first kappa shape index (κ1) is 14.3. The van der Waals surface area contributed by atoms with Crippen molar-refractivity contribution in [3.05, 3.63) is 0 Å². The zero-order valence-corrected chi connectivity index (χ0v) is 9.16. The van der Waals surface area contributed by atoms with Gasteiger partial charge in [0.05, 0.1) is 0 Å². The Kier molecular flexibility index (Phi) is 6.36. The highest BCUT2D eigenvalue weighted by molar-refractivity contribution is 5.81. The van der Waals surface area contributed by atoms with E-state index in [9.17, 15) is 18.0 Å². The Morgan fingerprint density at radius 3 is 2.40 bits per heavy atom. The monoisotopic (exact) mass is 225 g/mol. The van der Waals surface area contributed by atoms with Gasteiger partial charge in [0.1, 0.15) is 0 Å². The number of hydrogen-bond donors (Lipinski definition) is 1. The van der Waals surface area contributed by atoms with E-state index >= 15 is 0 Å². The number of carbonyl (C=O) groups excluding carboxylic acids is 1. The predicted molar refractivity (Wildman–Crippen MR) is 52.4 cm³/mol. The van der Waals surface area contributed by atoms with E-state index in [1.807, 2.05) is 5.32 Å². The summed E-state index contributed by atoms with van der Waals surface area (Å²) < 4.78 is 35.2. The van der Waals surface area contributed by atoms with Crippen molar-refractivity contribution in [1.82, 2.24) is 5.32 Å². The average molecular weight is 225 g/mol. The minimum absolute atomic E-state index is 0.106. The van der Waals surface area contributed by atoms with Gasteiger partial charge >= 0.3 is 12.1 Å². The normalized spacial score (nSPS) is 13.7. The molecule has 90 valence electrons. The molecule has 2 nitrogen and oxygen atoms in total. The second-order valence-corrected chi connectivity index (χ2v) is 3.76. The number of nitrogens with one attached hydrogen (secondary N) is 1. The highest BCUT2D eigenvalue weighted by Gasteiger charge is 2.38. The van der Waals surface area contributed by atoms with Crippen LogP contribution < -0.4 is 5.32 Å². The van der Waals surface area contributed by atoms with E-state index in [0.29, 0.717) is 12.3 Å². The standard InChI is InChI=1S/C10H18F3NO/c1-3-8(2)6-4-5-7-14-9(15)10(11,12)13/h8H,3-7H2,1-2H3,(H,14,15). The van der Waals surface area contributed by atoms with Gasteiger partial charge in [-0.25, -0.2) is 0 Å². The molecule has 0 aromatic carbocycles. The van der Waals surface area contributed by atoms with Crippen molar-refractivity contribution >= 4 is 5.91 Å². The summed E-state index contributed by atoms with van der Waals surface area (Å²) in [6, 6.07) is 0. The van der Waals surface area contributed by atoms with Crippen molar-refractivity contribution in [2.75, 3.05) is 6.54 Å². The topological polar surface area (TPSA) is 29.1 Å². The quantitative estimate of drug-likeness (QED) is 0.692. The minimum Gasteiger partial charge on any atom is -0.348 e. The number of halogens is 3. The fraction of sp³-hybridized carbons (Fsp3) is 0.900. The lowest BCUT2D eigenvalue weighted by Gasteiger charge is -2.09. The predicted octanol–water partition coefficient (Wildman–Crippen LogP) is 2.88. The van der Waals surface area contributed by atoms with Crippen molar-refractivity contribution in [3.63, 3.8) is 0 Å². The first-order chi connectivity index (χ1) is 6.88. The number of unbranched alkanes of at least 4 members (excludes halogenated alkanes) is 1. The molecule has 0 fully saturated rings. The van der Waals surface area contributed by atoms with Crippen LogP contribution in [0.15, 0.2) is 0 Å². The Hall–Kier alpha value is -0.740. The number of hydrogen-bond acceptors (Lipinski definition) is 1. The smallest absolute Gasteiger partial charge is 0.348 e. The van der Waals surface area contributed by atoms with Crippen LogP contribution in [0.5, 0.6) is 0 Å². The summed E-state index contributed by atoms with van der Waals surface area (Å²) in [7, 11) is 0. The van der Waals surface area contributed by atoms with Crippen LogP contribution in [0.4, 0.5) is 13.2 Å². The van der Waals surface area contributed by atoms with Crippen molar-refractivity contribution < 1.29 is 18.0 Å². The van der Waals surface area contributed by atoms with Crippen LogP contribution in [-0.4, -0.2) is 18.6 Å². The molecular formula is C10H18F3NO. The third-order valence-corrected chi connectivity index (χ3v) is 2.36. The zero-order chi connectivity index (χ0) is 11.9. The Bertz CT molecular complexity index is 192. The maximum Gasteiger partial charge on any atom is 0.471 e. The molecule has 0 aliphatic carbocycles. The summed E-state index contributed by atoms with van der Waals surface area (Å²) in [4.78, 5) is 10.4. The van der Waals surface area contributed by atoms with Gasteiger partial charge in [-0.3, -0.25) is 4.79 Å². The van der Waals surface area contributed by atoms with Crippen LogP contribution in [0, 0.1) is 5.92 Å². The fourth-order valence-electron chi connectivity index (χ4n) is 1.12. The molecule has 0 aliphatic rings. The molecule has 5 heteroatoms.